The standard InChI is InChI=1S/C14H19NO3/c1-3-8-15(4-2)13(16)10-11-6-5-7-12(9-11)14(17)18/h5-7,9H,3-4,8,10H2,1-2H3,(H,17,18). The van der Waals surface area contributed by atoms with E-state index in [1.54, 1.807) is 23.1 Å². The van der Waals surface area contributed by atoms with Crippen LogP contribution >= 0.6 is 0 Å². The molecule has 0 heterocycles. The van der Waals surface area contributed by atoms with E-state index in [1.165, 1.54) is 6.07 Å². The van der Waals surface area contributed by atoms with Crippen LogP contribution in [0.5, 0.6) is 0 Å². The molecule has 0 aromatic heterocycles. The van der Waals surface area contributed by atoms with Crippen molar-refractivity contribution in [2.45, 2.75) is 26.7 Å². The van der Waals surface area contributed by atoms with Crippen LogP contribution in [0.4, 0.5) is 0 Å². The van der Waals surface area contributed by atoms with Crippen LogP contribution in [0.3, 0.4) is 0 Å². The number of amides is 1. The Bertz CT molecular complexity index is 429. The van der Waals surface area contributed by atoms with Crippen molar-refractivity contribution in [1.82, 2.24) is 4.90 Å². The second-order valence-corrected chi connectivity index (χ2v) is 4.16. The number of carboxylic acid groups (broad SMARTS) is 1. The lowest BCUT2D eigenvalue weighted by atomic mass is 10.1. The maximum atomic E-state index is 12.0. The second kappa shape index (κ2) is 6.79. The van der Waals surface area contributed by atoms with Gasteiger partial charge in [0.25, 0.3) is 0 Å². The van der Waals surface area contributed by atoms with Gasteiger partial charge in [0.05, 0.1) is 12.0 Å². The molecule has 4 heteroatoms. The first-order chi connectivity index (χ1) is 8.58. The van der Waals surface area contributed by atoms with Crippen LogP contribution in [0.15, 0.2) is 24.3 Å². The van der Waals surface area contributed by atoms with E-state index in [0.29, 0.717) is 6.54 Å². The molecule has 0 aliphatic rings. The van der Waals surface area contributed by atoms with Gasteiger partial charge >= 0.3 is 5.97 Å². The number of carboxylic acids is 1. The fourth-order valence-electron chi connectivity index (χ4n) is 1.83. The van der Waals surface area contributed by atoms with Crippen molar-refractivity contribution in [3.8, 4) is 0 Å². The fourth-order valence-corrected chi connectivity index (χ4v) is 1.83. The lowest BCUT2D eigenvalue weighted by molar-refractivity contribution is -0.130. The summed E-state index contributed by atoms with van der Waals surface area (Å²) in [6.45, 7) is 5.40. The number of benzene rings is 1. The highest BCUT2D eigenvalue weighted by molar-refractivity contribution is 5.88. The van der Waals surface area contributed by atoms with Crippen LogP contribution in [-0.2, 0) is 11.2 Å². The van der Waals surface area contributed by atoms with Gasteiger partial charge in [-0.2, -0.15) is 0 Å². The molecule has 0 unspecified atom stereocenters. The Morgan fingerprint density at radius 2 is 2.00 bits per heavy atom. The molecule has 0 radical (unpaired) electrons. The van der Waals surface area contributed by atoms with Gasteiger partial charge in [0.15, 0.2) is 0 Å². The zero-order valence-corrected chi connectivity index (χ0v) is 10.8. The lowest BCUT2D eigenvalue weighted by Gasteiger charge is -2.20. The Hall–Kier alpha value is -1.84. The summed E-state index contributed by atoms with van der Waals surface area (Å²) in [5.74, 6) is -0.924. The molecule has 1 aromatic rings. The minimum Gasteiger partial charge on any atom is -0.478 e. The van der Waals surface area contributed by atoms with E-state index in [2.05, 4.69) is 0 Å². The Balaban J connectivity index is 2.74. The molecule has 0 saturated heterocycles. The minimum absolute atomic E-state index is 0.0434. The van der Waals surface area contributed by atoms with Gasteiger partial charge in [-0.25, -0.2) is 4.79 Å². The molecule has 0 aliphatic heterocycles. The molecule has 18 heavy (non-hydrogen) atoms. The summed E-state index contributed by atoms with van der Waals surface area (Å²) in [5, 5.41) is 8.89. The molecule has 0 atom stereocenters. The molecule has 0 bridgehead atoms. The first-order valence-electron chi connectivity index (χ1n) is 6.18. The summed E-state index contributed by atoms with van der Waals surface area (Å²) in [4.78, 5) is 24.6. The highest BCUT2D eigenvalue weighted by Crippen LogP contribution is 2.08. The summed E-state index contributed by atoms with van der Waals surface area (Å²) >= 11 is 0. The molecule has 1 amide bonds. The lowest BCUT2D eigenvalue weighted by Crippen LogP contribution is -2.32. The zero-order valence-electron chi connectivity index (χ0n) is 10.8. The third kappa shape index (κ3) is 3.87. The first-order valence-corrected chi connectivity index (χ1v) is 6.18. The summed E-state index contributed by atoms with van der Waals surface area (Å²) in [6.07, 6.45) is 1.18. The molecule has 98 valence electrons. The van der Waals surface area contributed by atoms with Crippen molar-refractivity contribution in [3.05, 3.63) is 35.4 Å². The van der Waals surface area contributed by atoms with E-state index < -0.39 is 5.97 Å². The number of carbonyl (C=O) groups excluding carboxylic acids is 1. The first kappa shape index (κ1) is 14.2. The van der Waals surface area contributed by atoms with Gasteiger partial charge in [-0.15, -0.1) is 0 Å². The number of aromatic carboxylic acids is 1. The van der Waals surface area contributed by atoms with Crippen LogP contribution in [0.25, 0.3) is 0 Å². The van der Waals surface area contributed by atoms with Crippen LogP contribution < -0.4 is 0 Å². The normalized spacial score (nSPS) is 10.1. The van der Waals surface area contributed by atoms with Crippen molar-refractivity contribution in [1.29, 1.82) is 0 Å². The highest BCUT2D eigenvalue weighted by atomic mass is 16.4. The fraction of sp³-hybridized carbons (Fsp3) is 0.429. The summed E-state index contributed by atoms with van der Waals surface area (Å²) < 4.78 is 0. The van der Waals surface area contributed by atoms with Crippen molar-refractivity contribution >= 4 is 11.9 Å². The Morgan fingerprint density at radius 1 is 1.28 bits per heavy atom. The molecular formula is C14H19NO3. The van der Waals surface area contributed by atoms with Crippen molar-refractivity contribution in [2.24, 2.45) is 0 Å². The third-order valence-electron chi connectivity index (χ3n) is 2.76. The molecule has 4 nitrogen and oxygen atoms in total. The summed E-state index contributed by atoms with van der Waals surface area (Å²) in [5.41, 5.74) is 0.966. The average molecular weight is 249 g/mol. The Labute approximate surface area is 107 Å². The van der Waals surface area contributed by atoms with E-state index in [0.717, 1.165) is 18.5 Å². The van der Waals surface area contributed by atoms with Crippen molar-refractivity contribution in [2.75, 3.05) is 13.1 Å². The van der Waals surface area contributed by atoms with Crippen molar-refractivity contribution < 1.29 is 14.7 Å². The smallest absolute Gasteiger partial charge is 0.335 e. The summed E-state index contributed by atoms with van der Waals surface area (Å²) in [7, 11) is 0. The topological polar surface area (TPSA) is 57.6 Å². The predicted molar refractivity (Wildman–Crippen MR) is 69.7 cm³/mol. The number of hydrogen-bond donors (Lipinski definition) is 1. The van der Waals surface area contributed by atoms with Crippen LogP contribution in [0, 0.1) is 0 Å². The van der Waals surface area contributed by atoms with E-state index in [4.69, 9.17) is 5.11 Å². The number of hydrogen-bond acceptors (Lipinski definition) is 2. The number of carbonyl (C=O) groups is 2. The highest BCUT2D eigenvalue weighted by Gasteiger charge is 2.12. The van der Waals surface area contributed by atoms with E-state index in [9.17, 15) is 9.59 Å². The molecule has 1 aromatic carbocycles. The SMILES string of the molecule is CCCN(CC)C(=O)Cc1cccc(C(=O)O)c1. The molecule has 0 saturated carbocycles. The quantitative estimate of drug-likeness (QED) is 0.840. The van der Waals surface area contributed by atoms with Gasteiger partial charge in [-0.05, 0) is 31.0 Å². The van der Waals surface area contributed by atoms with Crippen LogP contribution in [0.2, 0.25) is 0 Å². The maximum Gasteiger partial charge on any atom is 0.335 e. The van der Waals surface area contributed by atoms with E-state index >= 15 is 0 Å². The minimum atomic E-state index is -0.967. The van der Waals surface area contributed by atoms with Gasteiger partial charge in [0.2, 0.25) is 5.91 Å². The van der Waals surface area contributed by atoms with Gasteiger partial charge in [-0.3, -0.25) is 4.79 Å². The van der Waals surface area contributed by atoms with E-state index in [1.807, 2.05) is 13.8 Å². The van der Waals surface area contributed by atoms with Crippen LogP contribution in [-0.4, -0.2) is 35.0 Å². The molecule has 1 rings (SSSR count). The monoisotopic (exact) mass is 249 g/mol. The Morgan fingerprint density at radius 3 is 2.56 bits per heavy atom. The zero-order chi connectivity index (χ0) is 13.5. The van der Waals surface area contributed by atoms with Gasteiger partial charge in [-0.1, -0.05) is 19.1 Å². The molecule has 0 aliphatic carbocycles. The van der Waals surface area contributed by atoms with Gasteiger partial charge < -0.3 is 10.0 Å². The second-order valence-electron chi connectivity index (χ2n) is 4.16. The number of likely N-dealkylation sites (N-methyl/N-ethyl adjacent to an activating group) is 1. The average Bonchev–Trinajstić information content (AvgIpc) is 2.36. The summed E-state index contributed by atoms with van der Waals surface area (Å²) in [6, 6.07) is 6.53. The molecule has 1 N–H and O–H groups in total. The predicted octanol–water partition coefficient (Wildman–Crippen LogP) is 2.19. The third-order valence-corrected chi connectivity index (χ3v) is 2.76. The maximum absolute atomic E-state index is 12.0. The largest absolute Gasteiger partial charge is 0.478 e. The number of rotatable bonds is 6. The van der Waals surface area contributed by atoms with Crippen LogP contribution in [0.1, 0.15) is 36.2 Å². The number of nitrogens with zero attached hydrogens (tertiary/aromatic N) is 1. The van der Waals surface area contributed by atoms with E-state index in [-0.39, 0.29) is 17.9 Å². The van der Waals surface area contributed by atoms with Gasteiger partial charge in [0.1, 0.15) is 0 Å². The molecule has 0 fully saturated rings. The van der Waals surface area contributed by atoms with Crippen molar-refractivity contribution in [3.63, 3.8) is 0 Å². The Kier molecular flexibility index (Phi) is 5.36. The molecule has 0 spiro atoms. The van der Waals surface area contributed by atoms with Gasteiger partial charge in [0, 0.05) is 13.1 Å². The molecular weight excluding hydrogens is 230 g/mol.